The zero-order valence-electron chi connectivity index (χ0n) is 15.4. The highest BCUT2D eigenvalue weighted by Gasteiger charge is 2.31. The summed E-state index contributed by atoms with van der Waals surface area (Å²) in [6, 6.07) is 6.68. The van der Waals surface area contributed by atoms with Crippen molar-refractivity contribution in [3.05, 3.63) is 59.9 Å². The van der Waals surface area contributed by atoms with Crippen molar-refractivity contribution in [3.8, 4) is 0 Å². The molecule has 1 amide bonds. The molecule has 6 heteroatoms. The van der Waals surface area contributed by atoms with Gasteiger partial charge in [0, 0.05) is 29.3 Å². The molecule has 5 nitrogen and oxygen atoms in total. The van der Waals surface area contributed by atoms with Crippen LogP contribution in [0.1, 0.15) is 43.4 Å². The molecule has 1 atom stereocenters. The van der Waals surface area contributed by atoms with Crippen LogP contribution in [0.25, 0.3) is 10.9 Å². The highest BCUT2D eigenvalue weighted by Crippen LogP contribution is 2.37. The number of piperidine rings is 1. The Labute approximate surface area is 157 Å². The van der Waals surface area contributed by atoms with Gasteiger partial charge in [0.2, 0.25) is 0 Å². The maximum Gasteiger partial charge on any atom is 0.410 e. The van der Waals surface area contributed by atoms with E-state index in [9.17, 15) is 9.18 Å². The fourth-order valence-electron chi connectivity index (χ4n) is 3.95. The molecule has 2 aromatic heterocycles. The van der Waals surface area contributed by atoms with Crippen molar-refractivity contribution >= 4 is 17.0 Å². The van der Waals surface area contributed by atoms with Gasteiger partial charge in [0.25, 0.3) is 0 Å². The quantitative estimate of drug-likeness (QED) is 0.641. The van der Waals surface area contributed by atoms with E-state index in [1.165, 1.54) is 6.07 Å². The van der Waals surface area contributed by atoms with E-state index in [0.717, 1.165) is 41.3 Å². The van der Waals surface area contributed by atoms with Crippen LogP contribution < -0.4 is 0 Å². The van der Waals surface area contributed by atoms with Crippen LogP contribution in [0.5, 0.6) is 0 Å². The smallest absolute Gasteiger partial charge is 0.410 e. The molecule has 1 fully saturated rings. The maximum atomic E-state index is 13.9. The summed E-state index contributed by atoms with van der Waals surface area (Å²) in [5.74, 6) is -0.272. The Kier molecular flexibility index (Phi) is 4.88. The van der Waals surface area contributed by atoms with E-state index in [4.69, 9.17) is 9.15 Å². The molecule has 0 spiro atoms. The molecular formula is C21H23FN2O3. The van der Waals surface area contributed by atoms with Crippen molar-refractivity contribution in [2.24, 2.45) is 0 Å². The van der Waals surface area contributed by atoms with Crippen LogP contribution in [0.4, 0.5) is 9.18 Å². The Balaban J connectivity index is 1.77. The van der Waals surface area contributed by atoms with E-state index < -0.39 is 0 Å². The van der Waals surface area contributed by atoms with Crippen molar-refractivity contribution in [2.75, 3.05) is 13.2 Å². The second-order valence-corrected chi connectivity index (χ2v) is 6.91. The molecule has 0 radical (unpaired) electrons. The SMILES string of the molecule is CCOC(=O)N1CCCCC1c1cn(Cc2ccoc2)c2cc(F)ccc12. The lowest BCUT2D eigenvalue weighted by Gasteiger charge is -2.34. The van der Waals surface area contributed by atoms with Gasteiger partial charge in [-0.25, -0.2) is 9.18 Å². The first kappa shape index (κ1) is 17.6. The third-order valence-corrected chi connectivity index (χ3v) is 5.17. The van der Waals surface area contributed by atoms with Gasteiger partial charge in [-0.3, -0.25) is 0 Å². The van der Waals surface area contributed by atoms with Gasteiger partial charge in [0.15, 0.2) is 0 Å². The predicted molar refractivity (Wildman–Crippen MR) is 100 cm³/mol. The number of carbonyl (C=O) groups is 1. The molecule has 3 heterocycles. The molecule has 1 aliphatic rings. The van der Waals surface area contributed by atoms with Gasteiger partial charge in [0.1, 0.15) is 5.82 Å². The first-order valence-electron chi connectivity index (χ1n) is 9.40. The summed E-state index contributed by atoms with van der Waals surface area (Å²) in [5.41, 5.74) is 2.87. The second kappa shape index (κ2) is 7.47. The maximum absolute atomic E-state index is 13.9. The highest BCUT2D eigenvalue weighted by atomic mass is 19.1. The van der Waals surface area contributed by atoms with Crippen molar-refractivity contribution < 1.29 is 18.3 Å². The van der Waals surface area contributed by atoms with Crippen LogP contribution in [0.3, 0.4) is 0 Å². The Morgan fingerprint density at radius 3 is 3.00 bits per heavy atom. The molecule has 1 aliphatic heterocycles. The fraction of sp³-hybridized carbons (Fsp3) is 0.381. The number of rotatable bonds is 4. The number of carbonyl (C=O) groups excluding carboxylic acids is 1. The molecule has 0 saturated carbocycles. The molecule has 27 heavy (non-hydrogen) atoms. The van der Waals surface area contributed by atoms with Gasteiger partial charge in [-0.1, -0.05) is 0 Å². The summed E-state index contributed by atoms with van der Waals surface area (Å²) in [7, 11) is 0. The first-order chi connectivity index (χ1) is 13.2. The summed E-state index contributed by atoms with van der Waals surface area (Å²) in [6.45, 7) is 3.44. The minimum absolute atomic E-state index is 0.0589. The summed E-state index contributed by atoms with van der Waals surface area (Å²) in [5, 5.41) is 0.973. The number of nitrogens with zero attached hydrogens (tertiary/aromatic N) is 2. The molecule has 1 saturated heterocycles. The van der Waals surface area contributed by atoms with Gasteiger partial charge in [-0.05, 0) is 50.5 Å². The number of amides is 1. The van der Waals surface area contributed by atoms with E-state index in [-0.39, 0.29) is 18.0 Å². The molecule has 142 valence electrons. The van der Waals surface area contributed by atoms with Crippen LogP contribution >= 0.6 is 0 Å². The van der Waals surface area contributed by atoms with Gasteiger partial charge < -0.3 is 18.6 Å². The summed E-state index contributed by atoms with van der Waals surface area (Å²) < 4.78 is 26.4. The molecular weight excluding hydrogens is 347 g/mol. The van der Waals surface area contributed by atoms with Crippen molar-refractivity contribution in [1.82, 2.24) is 9.47 Å². The Morgan fingerprint density at radius 1 is 1.33 bits per heavy atom. The van der Waals surface area contributed by atoms with Gasteiger partial charge >= 0.3 is 6.09 Å². The standard InChI is InChI=1S/C21H23FN2O3/c1-2-27-21(25)24-9-4-3-5-19(24)18-13-23(12-15-8-10-26-14-15)20-11-16(22)6-7-17(18)20/h6-8,10-11,13-14,19H,2-5,9,12H2,1H3. The first-order valence-corrected chi connectivity index (χ1v) is 9.40. The molecule has 3 aromatic rings. The third-order valence-electron chi connectivity index (χ3n) is 5.17. The topological polar surface area (TPSA) is 47.6 Å². The zero-order valence-corrected chi connectivity index (χ0v) is 15.4. The number of benzene rings is 1. The summed E-state index contributed by atoms with van der Waals surface area (Å²) >= 11 is 0. The Hall–Kier alpha value is -2.76. The lowest BCUT2D eigenvalue weighted by Crippen LogP contribution is -2.38. The Morgan fingerprint density at radius 2 is 2.22 bits per heavy atom. The predicted octanol–water partition coefficient (Wildman–Crippen LogP) is 5.11. The molecule has 0 bridgehead atoms. The number of hydrogen-bond donors (Lipinski definition) is 0. The van der Waals surface area contributed by atoms with Crippen LogP contribution in [-0.4, -0.2) is 28.7 Å². The average Bonchev–Trinajstić information content (AvgIpc) is 3.30. The number of furan rings is 1. The van der Waals surface area contributed by atoms with Crippen LogP contribution in [-0.2, 0) is 11.3 Å². The number of likely N-dealkylation sites (tertiary alicyclic amines) is 1. The molecule has 1 aromatic carbocycles. The summed E-state index contributed by atoms with van der Waals surface area (Å²) in [4.78, 5) is 14.3. The molecule has 0 N–H and O–H groups in total. The van der Waals surface area contributed by atoms with Crippen molar-refractivity contribution in [3.63, 3.8) is 0 Å². The molecule has 1 unspecified atom stereocenters. The highest BCUT2D eigenvalue weighted by molar-refractivity contribution is 5.85. The monoisotopic (exact) mass is 370 g/mol. The van der Waals surface area contributed by atoms with Crippen molar-refractivity contribution in [2.45, 2.75) is 38.8 Å². The number of ether oxygens (including phenoxy) is 1. The molecule has 4 rings (SSSR count). The second-order valence-electron chi connectivity index (χ2n) is 6.91. The lowest BCUT2D eigenvalue weighted by atomic mass is 9.95. The number of halogens is 1. The van der Waals surface area contributed by atoms with E-state index in [1.54, 1.807) is 18.6 Å². The normalized spacial score (nSPS) is 17.4. The molecule has 0 aliphatic carbocycles. The fourth-order valence-corrected chi connectivity index (χ4v) is 3.95. The van der Waals surface area contributed by atoms with E-state index in [2.05, 4.69) is 0 Å². The van der Waals surface area contributed by atoms with Crippen molar-refractivity contribution in [1.29, 1.82) is 0 Å². The van der Waals surface area contributed by atoms with Crippen LogP contribution in [0.2, 0.25) is 0 Å². The largest absolute Gasteiger partial charge is 0.472 e. The summed E-state index contributed by atoms with van der Waals surface area (Å²) in [6.07, 6.45) is 7.98. The van der Waals surface area contributed by atoms with E-state index in [1.807, 2.05) is 34.7 Å². The minimum atomic E-state index is -0.278. The van der Waals surface area contributed by atoms with Crippen LogP contribution in [0, 0.1) is 5.82 Å². The third kappa shape index (κ3) is 3.44. The number of fused-ring (bicyclic) bond motifs is 1. The zero-order chi connectivity index (χ0) is 18.8. The average molecular weight is 370 g/mol. The Bertz CT molecular complexity index is 932. The lowest BCUT2D eigenvalue weighted by molar-refractivity contribution is 0.0769. The minimum Gasteiger partial charge on any atom is -0.472 e. The van der Waals surface area contributed by atoms with E-state index in [0.29, 0.717) is 19.7 Å². The van der Waals surface area contributed by atoms with E-state index >= 15 is 0 Å². The van der Waals surface area contributed by atoms with Crippen LogP contribution in [0.15, 0.2) is 47.4 Å². The van der Waals surface area contributed by atoms with Gasteiger partial charge in [-0.15, -0.1) is 0 Å². The number of hydrogen-bond acceptors (Lipinski definition) is 3. The van der Waals surface area contributed by atoms with Gasteiger partial charge in [-0.2, -0.15) is 0 Å². The van der Waals surface area contributed by atoms with Gasteiger partial charge in [0.05, 0.1) is 37.2 Å². The number of aromatic nitrogens is 1.